The molecule has 0 aromatic rings. The quantitative estimate of drug-likeness (QED) is 0.381. The van der Waals surface area contributed by atoms with Crippen LogP contribution in [-0.4, -0.2) is 63.3 Å². The summed E-state index contributed by atoms with van der Waals surface area (Å²) in [5, 5.41) is 25.1. The van der Waals surface area contributed by atoms with Crippen LogP contribution in [0.5, 0.6) is 0 Å². The van der Waals surface area contributed by atoms with Crippen molar-refractivity contribution in [2.75, 3.05) is 13.2 Å². The predicted molar refractivity (Wildman–Crippen MR) is 90.5 cm³/mol. The number of carbonyl (C=O) groups is 3. The highest BCUT2D eigenvalue weighted by molar-refractivity contribution is 6.07. The molecule has 2 fully saturated rings. The second-order valence-electron chi connectivity index (χ2n) is 7.04. The Morgan fingerprint density at radius 2 is 2.08 bits per heavy atom. The molecule has 2 aliphatic rings. The SMILES string of the molecule is C/C=C/CC(CO)NC(=O)C(C)(O)CN1C(=O)NC2(CCCC2)C1=O. The van der Waals surface area contributed by atoms with E-state index in [-0.39, 0.29) is 12.5 Å². The Labute approximate surface area is 147 Å². The molecule has 0 aromatic heterocycles. The van der Waals surface area contributed by atoms with Crippen LogP contribution in [-0.2, 0) is 9.59 Å². The third kappa shape index (κ3) is 4.01. The molecule has 4 amide bonds. The van der Waals surface area contributed by atoms with Crippen molar-refractivity contribution < 1.29 is 24.6 Å². The Morgan fingerprint density at radius 3 is 2.64 bits per heavy atom. The fraction of sp³-hybridized carbons (Fsp3) is 0.706. The topological polar surface area (TPSA) is 119 Å². The van der Waals surface area contributed by atoms with Crippen molar-refractivity contribution in [3.63, 3.8) is 0 Å². The summed E-state index contributed by atoms with van der Waals surface area (Å²) < 4.78 is 0. The zero-order valence-electron chi connectivity index (χ0n) is 14.7. The third-order valence-electron chi connectivity index (χ3n) is 4.87. The molecule has 25 heavy (non-hydrogen) atoms. The lowest BCUT2D eigenvalue weighted by Crippen LogP contribution is -2.56. The maximum atomic E-state index is 12.6. The van der Waals surface area contributed by atoms with Crippen LogP contribution in [0.15, 0.2) is 12.2 Å². The van der Waals surface area contributed by atoms with Crippen molar-refractivity contribution in [2.24, 2.45) is 0 Å². The van der Waals surface area contributed by atoms with E-state index < -0.39 is 35.7 Å². The van der Waals surface area contributed by atoms with E-state index in [4.69, 9.17) is 0 Å². The first kappa shape index (κ1) is 19.4. The van der Waals surface area contributed by atoms with Crippen LogP contribution in [0.2, 0.25) is 0 Å². The van der Waals surface area contributed by atoms with Gasteiger partial charge in [-0.3, -0.25) is 14.5 Å². The molecule has 0 aromatic carbocycles. The molecule has 1 heterocycles. The number of allylic oxidation sites excluding steroid dienone is 1. The highest BCUT2D eigenvalue weighted by Crippen LogP contribution is 2.35. The number of β-amino-alcohol motifs (C(OH)–C–C–N with tert-alkyl or cyclic N) is 1. The summed E-state index contributed by atoms with van der Waals surface area (Å²) in [6.45, 7) is 2.38. The molecule has 2 rings (SSSR count). The first-order valence-corrected chi connectivity index (χ1v) is 8.65. The van der Waals surface area contributed by atoms with E-state index in [2.05, 4.69) is 10.6 Å². The number of urea groups is 1. The Balaban J connectivity index is 2.03. The lowest BCUT2D eigenvalue weighted by Gasteiger charge is -2.28. The fourth-order valence-electron chi connectivity index (χ4n) is 3.34. The number of nitrogens with zero attached hydrogens (tertiary/aromatic N) is 1. The van der Waals surface area contributed by atoms with Gasteiger partial charge in [0.05, 0.1) is 19.2 Å². The smallest absolute Gasteiger partial charge is 0.325 e. The Morgan fingerprint density at radius 1 is 1.44 bits per heavy atom. The molecule has 0 bridgehead atoms. The van der Waals surface area contributed by atoms with Crippen molar-refractivity contribution in [1.82, 2.24) is 15.5 Å². The van der Waals surface area contributed by atoms with E-state index in [1.165, 1.54) is 6.92 Å². The molecule has 2 unspecified atom stereocenters. The van der Waals surface area contributed by atoms with E-state index in [0.717, 1.165) is 17.7 Å². The monoisotopic (exact) mass is 353 g/mol. The van der Waals surface area contributed by atoms with Crippen LogP contribution in [0, 0.1) is 0 Å². The molecule has 1 saturated carbocycles. The highest BCUT2D eigenvalue weighted by Gasteiger charge is 2.54. The Kier molecular flexibility index (Phi) is 5.84. The second kappa shape index (κ2) is 7.53. The number of carbonyl (C=O) groups excluding carboxylic acids is 3. The van der Waals surface area contributed by atoms with Crippen LogP contribution in [0.25, 0.3) is 0 Å². The van der Waals surface area contributed by atoms with Gasteiger partial charge in [0.2, 0.25) is 0 Å². The fourth-order valence-corrected chi connectivity index (χ4v) is 3.34. The van der Waals surface area contributed by atoms with Gasteiger partial charge in [0.25, 0.3) is 11.8 Å². The van der Waals surface area contributed by atoms with Crippen molar-refractivity contribution in [2.45, 2.75) is 63.1 Å². The number of hydrogen-bond acceptors (Lipinski definition) is 5. The molecular weight excluding hydrogens is 326 g/mol. The van der Waals surface area contributed by atoms with E-state index >= 15 is 0 Å². The van der Waals surface area contributed by atoms with Gasteiger partial charge in [-0.25, -0.2) is 4.79 Å². The minimum Gasteiger partial charge on any atom is -0.394 e. The largest absolute Gasteiger partial charge is 0.394 e. The first-order valence-electron chi connectivity index (χ1n) is 8.65. The molecular formula is C17H27N3O5. The molecule has 4 N–H and O–H groups in total. The zero-order valence-corrected chi connectivity index (χ0v) is 14.7. The van der Waals surface area contributed by atoms with E-state index in [0.29, 0.717) is 19.3 Å². The number of amides is 4. The van der Waals surface area contributed by atoms with Gasteiger partial charge in [0, 0.05) is 0 Å². The summed E-state index contributed by atoms with van der Waals surface area (Å²) in [4.78, 5) is 38.0. The van der Waals surface area contributed by atoms with Crippen molar-refractivity contribution in [3.8, 4) is 0 Å². The normalized spacial score (nSPS) is 23.1. The third-order valence-corrected chi connectivity index (χ3v) is 4.87. The van der Waals surface area contributed by atoms with Crippen LogP contribution in [0.1, 0.15) is 46.0 Å². The number of aliphatic hydroxyl groups excluding tert-OH is 1. The summed E-state index contributed by atoms with van der Waals surface area (Å²) in [6.07, 6.45) is 6.88. The molecule has 2 atom stereocenters. The van der Waals surface area contributed by atoms with Gasteiger partial charge in [-0.15, -0.1) is 0 Å². The molecule has 0 radical (unpaired) electrons. The average Bonchev–Trinajstić information content (AvgIpc) is 3.12. The number of aliphatic hydroxyl groups is 2. The zero-order chi connectivity index (χ0) is 18.7. The van der Waals surface area contributed by atoms with Gasteiger partial charge >= 0.3 is 6.03 Å². The summed E-state index contributed by atoms with van der Waals surface area (Å²) >= 11 is 0. The van der Waals surface area contributed by atoms with Gasteiger partial charge < -0.3 is 20.8 Å². The average molecular weight is 353 g/mol. The first-order chi connectivity index (χ1) is 11.8. The molecule has 1 spiro atoms. The van der Waals surface area contributed by atoms with Crippen LogP contribution in [0.4, 0.5) is 4.79 Å². The van der Waals surface area contributed by atoms with Crippen molar-refractivity contribution in [1.29, 1.82) is 0 Å². The predicted octanol–water partition coefficient (Wildman–Crippen LogP) is 0.0453. The van der Waals surface area contributed by atoms with E-state index in [1.807, 2.05) is 6.92 Å². The summed E-state index contributed by atoms with van der Waals surface area (Å²) in [5.74, 6) is -1.11. The molecule has 8 nitrogen and oxygen atoms in total. The maximum absolute atomic E-state index is 12.6. The van der Waals surface area contributed by atoms with Gasteiger partial charge in [0.15, 0.2) is 5.60 Å². The summed E-state index contributed by atoms with van der Waals surface area (Å²) in [7, 11) is 0. The van der Waals surface area contributed by atoms with Gasteiger partial charge in [-0.1, -0.05) is 25.0 Å². The van der Waals surface area contributed by atoms with E-state index in [1.54, 1.807) is 12.2 Å². The minimum atomic E-state index is -1.94. The molecule has 1 aliphatic heterocycles. The van der Waals surface area contributed by atoms with Gasteiger partial charge in [-0.2, -0.15) is 0 Å². The van der Waals surface area contributed by atoms with E-state index in [9.17, 15) is 24.6 Å². The van der Waals surface area contributed by atoms with Gasteiger partial charge in [-0.05, 0) is 33.1 Å². The second-order valence-corrected chi connectivity index (χ2v) is 7.04. The molecule has 140 valence electrons. The summed E-state index contributed by atoms with van der Waals surface area (Å²) in [5.41, 5.74) is -2.82. The van der Waals surface area contributed by atoms with Crippen LogP contribution >= 0.6 is 0 Å². The number of imide groups is 1. The van der Waals surface area contributed by atoms with Gasteiger partial charge in [0.1, 0.15) is 5.54 Å². The lowest BCUT2D eigenvalue weighted by molar-refractivity contribution is -0.143. The molecule has 1 aliphatic carbocycles. The highest BCUT2D eigenvalue weighted by atomic mass is 16.3. The van der Waals surface area contributed by atoms with Crippen molar-refractivity contribution in [3.05, 3.63) is 12.2 Å². The Bertz CT molecular complexity index is 567. The number of rotatable bonds is 7. The Hall–Kier alpha value is -1.93. The molecule has 1 saturated heterocycles. The molecule has 8 heteroatoms. The standard InChI is InChI=1S/C17H27N3O5/c1-3-4-7-12(10-21)18-13(22)16(2,25)11-20-14(23)17(19-15(20)24)8-5-6-9-17/h3-4,12,21,25H,5-11H2,1-2H3,(H,18,22)(H,19,24)/b4-3+. The lowest BCUT2D eigenvalue weighted by atomic mass is 9.97. The number of hydrogen-bond donors (Lipinski definition) is 4. The number of nitrogens with one attached hydrogen (secondary N) is 2. The van der Waals surface area contributed by atoms with Crippen molar-refractivity contribution >= 4 is 17.8 Å². The maximum Gasteiger partial charge on any atom is 0.325 e. The van der Waals surface area contributed by atoms with Crippen LogP contribution in [0.3, 0.4) is 0 Å². The minimum absolute atomic E-state index is 0.279. The van der Waals surface area contributed by atoms with Crippen LogP contribution < -0.4 is 10.6 Å². The summed E-state index contributed by atoms with van der Waals surface area (Å²) in [6, 6.07) is -1.12.